The van der Waals surface area contributed by atoms with Crippen LogP contribution in [0.25, 0.3) is 0 Å². The minimum absolute atomic E-state index is 0.0559. The zero-order valence-corrected chi connectivity index (χ0v) is 16.8. The highest BCUT2D eigenvalue weighted by Gasteiger charge is 2.40. The Morgan fingerprint density at radius 1 is 1.41 bits per heavy atom. The van der Waals surface area contributed by atoms with E-state index in [0.29, 0.717) is 5.92 Å². The van der Waals surface area contributed by atoms with Gasteiger partial charge in [0, 0.05) is 33.4 Å². The van der Waals surface area contributed by atoms with Crippen molar-refractivity contribution in [3.8, 4) is 0 Å². The number of amides is 1. The molecular formula is C18H25F3N2O5S. The predicted octanol–water partition coefficient (Wildman–Crippen LogP) is 2.12. The molecule has 2 saturated heterocycles. The molecule has 0 bridgehead atoms. The Bertz CT molecular complexity index is 656. The molecule has 164 valence electrons. The average Bonchev–Trinajstić information content (AvgIpc) is 3.14. The first-order valence-electron chi connectivity index (χ1n) is 9.14. The third-order valence-electron chi connectivity index (χ3n) is 4.69. The summed E-state index contributed by atoms with van der Waals surface area (Å²) in [4.78, 5) is 23.2. The highest BCUT2D eigenvalue weighted by Crippen LogP contribution is 2.29. The number of likely N-dealkylation sites (tertiary alicyclic amines) is 1. The lowest BCUT2D eigenvalue weighted by Crippen LogP contribution is -2.61. The van der Waals surface area contributed by atoms with E-state index in [4.69, 9.17) is 19.4 Å². The van der Waals surface area contributed by atoms with Crippen molar-refractivity contribution in [2.75, 3.05) is 33.4 Å². The number of fused-ring (bicyclic) bond motifs is 1. The van der Waals surface area contributed by atoms with Crippen molar-refractivity contribution < 1.29 is 37.3 Å². The number of aliphatic carboxylic acids is 1. The molecular weight excluding hydrogens is 413 g/mol. The quantitative estimate of drug-likeness (QED) is 0.732. The van der Waals surface area contributed by atoms with Crippen LogP contribution in [0.15, 0.2) is 16.8 Å². The van der Waals surface area contributed by atoms with Crippen molar-refractivity contribution in [3.05, 3.63) is 22.4 Å². The molecule has 3 atom stereocenters. The van der Waals surface area contributed by atoms with E-state index in [1.165, 1.54) is 12.0 Å². The van der Waals surface area contributed by atoms with Crippen LogP contribution in [0.1, 0.15) is 18.4 Å². The highest BCUT2D eigenvalue weighted by molar-refractivity contribution is 7.07. The first-order chi connectivity index (χ1) is 13.7. The lowest BCUT2D eigenvalue weighted by atomic mass is 9.85. The number of hydrogen-bond acceptors (Lipinski definition) is 6. The predicted molar refractivity (Wildman–Crippen MR) is 99.6 cm³/mol. The summed E-state index contributed by atoms with van der Waals surface area (Å²) in [5.74, 6) is -2.31. The van der Waals surface area contributed by atoms with Gasteiger partial charge in [0.1, 0.15) is 6.61 Å². The fourth-order valence-corrected chi connectivity index (χ4v) is 4.23. The lowest BCUT2D eigenvalue weighted by molar-refractivity contribution is -0.192. The maximum Gasteiger partial charge on any atom is 0.490 e. The zero-order chi connectivity index (χ0) is 21.4. The van der Waals surface area contributed by atoms with Gasteiger partial charge in [-0.1, -0.05) is 0 Å². The number of carboxylic acids is 1. The smallest absolute Gasteiger partial charge is 0.475 e. The molecule has 3 rings (SSSR count). The van der Waals surface area contributed by atoms with E-state index in [2.05, 4.69) is 27.0 Å². The molecule has 2 N–H and O–H groups in total. The number of rotatable bonds is 5. The van der Waals surface area contributed by atoms with Gasteiger partial charge in [-0.05, 0) is 41.1 Å². The molecule has 2 aliphatic rings. The number of methoxy groups -OCH3 is 1. The second-order valence-electron chi connectivity index (χ2n) is 6.97. The van der Waals surface area contributed by atoms with Crippen molar-refractivity contribution in [1.29, 1.82) is 0 Å². The van der Waals surface area contributed by atoms with Gasteiger partial charge in [-0.2, -0.15) is 24.5 Å². The zero-order valence-electron chi connectivity index (χ0n) is 16.0. The molecule has 0 saturated carbocycles. The molecule has 7 nitrogen and oxygen atoms in total. The summed E-state index contributed by atoms with van der Waals surface area (Å²) in [5.41, 5.74) is 1.35. The van der Waals surface area contributed by atoms with Crippen LogP contribution in [-0.4, -0.2) is 73.6 Å². The number of carboxylic acid groups (broad SMARTS) is 1. The summed E-state index contributed by atoms with van der Waals surface area (Å²) in [6.45, 7) is 3.76. The van der Waals surface area contributed by atoms with Crippen LogP contribution in [0.3, 0.4) is 0 Å². The Morgan fingerprint density at radius 3 is 2.72 bits per heavy atom. The Labute approximate surface area is 170 Å². The third kappa shape index (κ3) is 7.57. The monoisotopic (exact) mass is 438 g/mol. The summed E-state index contributed by atoms with van der Waals surface area (Å²) < 4.78 is 42.6. The average molecular weight is 438 g/mol. The molecule has 1 amide bonds. The number of carbonyl (C=O) groups is 2. The van der Waals surface area contributed by atoms with Gasteiger partial charge in [-0.25, -0.2) is 4.79 Å². The molecule has 0 radical (unpaired) electrons. The van der Waals surface area contributed by atoms with Crippen molar-refractivity contribution >= 4 is 23.2 Å². The van der Waals surface area contributed by atoms with Crippen LogP contribution >= 0.6 is 11.3 Å². The maximum atomic E-state index is 11.9. The Morgan fingerprint density at radius 2 is 2.14 bits per heavy atom. The molecule has 0 aromatic carbocycles. The standard InChI is InChI=1S/C16H24N2O3S.C2HF3O2/c1-20-10-15(19)17-14-9-18(7-12-4-6-22-11-12)8-13-3-2-5-21-16(13)14;3-2(4,5)1(6)7/h4,6,11,13-14,16H,2-3,5,7-10H2,1H3,(H,17,19);(H,6,7)/t13-,14+,16-;/m0./s1. The first kappa shape index (κ1) is 23.6. The number of alkyl halides is 3. The summed E-state index contributed by atoms with van der Waals surface area (Å²) in [6.07, 6.45) is -2.64. The fraction of sp³-hybridized carbons (Fsp3) is 0.667. The molecule has 2 fully saturated rings. The van der Waals surface area contributed by atoms with Gasteiger partial charge < -0.3 is 19.9 Å². The Kier molecular flexibility index (Phi) is 8.87. The second-order valence-corrected chi connectivity index (χ2v) is 7.75. The van der Waals surface area contributed by atoms with Gasteiger partial charge in [-0.15, -0.1) is 0 Å². The number of nitrogens with one attached hydrogen (secondary N) is 1. The molecule has 0 spiro atoms. The first-order valence-corrected chi connectivity index (χ1v) is 10.1. The topological polar surface area (TPSA) is 88.1 Å². The normalized spacial score (nSPS) is 24.8. The van der Waals surface area contributed by atoms with Crippen LogP contribution in [0.4, 0.5) is 13.2 Å². The Balaban J connectivity index is 0.000000370. The fourth-order valence-electron chi connectivity index (χ4n) is 3.57. The van der Waals surface area contributed by atoms with Crippen molar-refractivity contribution in [3.63, 3.8) is 0 Å². The van der Waals surface area contributed by atoms with Gasteiger partial charge in [0.25, 0.3) is 0 Å². The molecule has 11 heteroatoms. The van der Waals surface area contributed by atoms with E-state index in [0.717, 1.165) is 32.7 Å². The minimum Gasteiger partial charge on any atom is -0.475 e. The summed E-state index contributed by atoms with van der Waals surface area (Å²) >= 11 is 1.73. The second kappa shape index (κ2) is 10.9. The largest absolute Gasteiger partial charge is 0.490 e. The number of piperidine rings is 1. The number of hydrogen-bond donors (Lipinski definition) is 2. The number of halogens is 3. The van der Waals surface area contributed by atoms with Crippen LogP contribution in [0, 0.1) is 5.92 Å². The lowest BCUT2D eigenvalue weighted by Gasteiger charge is -2.46. The third-order valence-corrected chi connectivity index (χ3v) is 5.42. The molecule has 1 aromatic heterocycles. The highest BCUT2D eigenvalue weighted by atomic mass is 32.1. The van der Waals surface area contributed by atoms with Gasteiger partial charge in [0.2, 0.25) is 5.91 Å². The SMILES string of the molecule is COCC(=O)N[C@@H]1CN(Cc2ccsc2)C[C@@H]2CCCO[C@@H]21.O=C(O)C(F)(F)F. The van der Waals surface area contributed by atoms with Crippen molar-refractivity contribution in [1.82, 2.24) is 10.2 Å². The van der Waals surface area contributed by atoms with Crippen molar-refractivity contribution in [2.24, 2.45) is 5.92 Å². The van der Waals surface area contributed by atoms with Gasteiger partial charge in [-0.3, -0.25) is 9.69 Å². The number of carbonyl (C=O) groups excluding carboxylic acids is 1. The summed E-state index contributed by atoms with van der Waals surface area (Å²) in [7, 11) is 1.54. The molecule has 2 aliphatic heterocycles. The van der Waals surface area contributed by atoms with E-state index in [1.807, 2.05) is 0 Å². The van der Waals surface area contributed by atoms with Crippen LogP contribution in [0.5, 0.6) is 0 Å². The van der Waals surface area contributed by atoms with E-state index in [9.17, 15) is 18.0 Å². The molecule has 29 heavy (non-hydrogen) atoms. The number of ether oxygens (including phenoxy) is 2. The number of nitrogens with zero attached hydrogens (tertiary/aromatic N) is 1. The van der Waals surface area contributed by atoms with Gasteiger partial charge in [0.05, 0.1) is 12.1 Å². The van der Waals surface area contributed by atoms with Crippen molar-refractivity contribution in [2.45, 2.75) is 37.7 Å². The van der Waals surface area contributed by atoms with Crippen LogP contribution in [-0.2, 0) is 25.6 Å². The minimum atomic E-state index is -5.08. The maximum absolute atomic E-state index is 11.9. The van der Waals surface area contributed by atoms with E-state index >= 15 is 0 Å². The van der Waals surface area contributed by atoms with E-state index < -0.39 is 12.1 Å². The molecule has 0 unspecified atom stereocenters. The molecule has 3 heterocycles. The van der Waals surface area contributed by atoms with Gasteiger partial charge >= 0.3 is 12.1 Å². The number of thiophene rings is 1. The molecule has 1 aromatic rings. The molecule has 0 aliphatic carbocycles. The van der Waals surface area contributed by atoms with Gasteiger partial charge in [0.15, 0.2) is 0 Å². The Hall–Kier alpha value is -1.69. The summed E-state index contributed by atoms with van der Waals surface area (Å²) in [5, 5.41) is 14.5. The summed E-state index contributed by atoms with van der Waals surface area (Å²) in [6, 6.07) is 2.23. The van der Waals surface area contributed by atoms with Crippen LogP contribution < -0.4 is 5.32 Å². The van der Waals surface area contributed by atoms with E-state index in [1.54, 1.807) is 18.4 Å². The van der Waals surface area contributed by atoms with Crippen LogP contribution in [0.2, 0.25) is 0 Å². The van der Waals surface area contributed by atoms with E-state index in [-0.39, 0.29) is 24.7 Å².